The molecule has 3 nitrogen and oxygen atoms in total. The van der Waals surface area contributed by atoms with Gasteiger partial charge in [0.25, 0.3) is 0 Å². The van der Waals surface area contributed by atoms with E-state index in [9.17, 15) is 0 Å². The second-order valence-electron chi connectivity index (χ2n) is 5.53. The normalized spacial score (nSPS) is 19.3. The van der Waals surface area contributed by atoms with Crippen LogP contribution in [0, 0.1) is 0 Å². The highest BCUT2D eigenvalue weighted by Gasteiger charge is 2.35. The van der Waals surface area contributed by atoms with Crippen LogP contribution in [0.2, 0.25) is 0 Å². The summed E-state index contributed by atoms with van der Waals surface area (Å²) in [5.74, 6) is 0. The summed E-state index contributed by atoms with van der Waals surface area (Å²) in [6, 6.07) is 0. The van der Waals surface area contributed by atoms with Crippen LogP contribution in [0.3, 0.4) is 0 Å². The van der Waals surface area contributed by atoms with Gasteiger partial charge >= 0.3 is 0 Å². The van der Waals surface area contributed by atoms with Crippen molar-refractivity contribution < 1.29 is 4.74 Å². The summed E-state index contributed by atoms with van der Waals surface area (Å²) in [5.41, 5.74) is 6.42. The third-order valence-corrected chi connectivity index (χ3v) is 4.25. The minimum absolute atomic E-state index is 0.292. The smallest absolute Gasteiger partial charge is 0.0478 e. The second kappa shape index (κ2) is 8.89. The number of ether oxygens (including phenoxy) is 1. The first-order valence-corrected chi connectivity index (χ1v) is 7.82. The summed E-state index contributed by atoms with van der Waals surface area (Å²) < 4.78 is 5.46. The first kappa shape index (κ1) is 15.9. The van der Waals surface area contributed by atoms with Crippen molar-refractivity contribution in [3.8, 4) is 0 Å². The molecular formula is C15H32N2O. The van der Waals surface area contributed by atoms with Crippen molar-refractivity contribution >= 4 is 0 Å². The van der Waals surface area contributed by atoms with Crippen molar-refractivity contribution in [2.75, 3.05) is 32.8 Å². The minimum atomic E-state index is 0.292. The van der Waals surface area contributed by atoms with Crippen LogP contribution in [0.5, 0.6) is 0 Å². The molecule has 0 bridgehead atoms. The van der Waals surface area contributed by atoms with E-state index in [1.807, 2.05) is 0 Å². The summed E-state index contributed by atoms with van der Waals surface area (Å²) in [5, 5.41) is 0. The molecule has 2 N–H and O–H groups in total. The molecule has 0 unspecified atom stereocenters. The van der Waals surface area contributed by atoms with Gasteiger partial charge in [0.1, 0.15) is 0 Å². The van der Waals surface area contributed by atoms with E-state index in [1.165, 1.54) is 45.1 Å². The molecule has 0 aliphatic heterocycles. The van der Waals surface area contributed by atoms with E-state index in [4.69, 9.17) is 10.5 Å². The van der Waals surface area contributed by atoms with Gasteiger partial charge in [0.05, 0.1) is 0 Å². The molecule has 0 aromatic rings. The van der Waals surface area contributed by atoms with Crippen molar-refractivity contribution in [1.29, 1.82) is 0 Å². The monoisotopic (exact) mass is 256 g/mol. The number of nitrogens with zero attached hydrogens (tertiary/aromatic N) is 1. The molecule has 0 atom stereocenters. The van der Waals surface area contributed by atoms with Gasteiger partial charge < -0.3 is 10.5 Å². The summed E-state index contributed by atoms with van der Waals surface area (Å²) in [7, 11) is 0. The number of rotatable bonds is 9. The van der Waals surface area contributed by atoms with Gasteiger partial charge in [-0.15, -0.1) is 0 Å². The maximum Gasteiger partial charge on any atom is 0.0478 e. The maximum absolute atomic E-state index is 6.13. The number of nitrogens with two attached hydrogens (primary N) is 1. The van der Waals surface area contributed by atoms with Crippen molar-refractivity contribution in [3.05, 3.63) is 0 Å². The molecule has 1 rings (SSSR count). The summed E-state index contributed by atoms with van der Waals surface area (Å²) in [4.78, 5) is 2.66. The highest BCUT2D eigenvalue weighted by Crippen LogP contribution is 2.33. The van der Waals surface area contributed by atoms with E-state index in [-0.39, 0.29) is 0 Å². The molecule has 1 fully saturated rings. The largest absolute Gasteiger partial charge is 0.382 e. The van der Waals surface area contributed by atoms with Crippen molar-refractivity contribution in [2.24, 2.45) is 5.73 Å². The lowest BCUT2D eigenvalue weighted by Gasteiger charge is -2.46. The van der Waals surface area contributed by atoms with Crippen molar-refractivity contribution in [1.82, 2.24) is 4.90 Å². The van der Waals surface area contributed by atoms with Crippen molar-refractivity contribution in [2.45, 2.75) is 64.3 Å². The second-order valence-corrected chi connectivity index (χ2v) is 5.53. The van der Waals surface area contributed by atoms with Crippen LogP contribution in [0.25, 0.3) is 0 Å². The fraction of sp³-hybridized carbons (Fsp3) is 1.00. The molecular weight excluding hydrogens is 224 g/mol. The molecule has 0 aromatic heterocycles. The fourth-order valence-corrected chi connectivity index (χ4v) is 3.22. The van der Waals surface area contributed by atoms with Gasteiger partial charge in [0, 0.05) is 31.8 Å². The summed E-state index contributed by atoms with van der Waals surface area (Å²) in [6.45, 7) is 9.19. The first-order valence-electron chi connectivity index (χ1n) is 7.82. The molecule has 0 saturated heterocycles. The fourth-order valence-electron chi connectivity index (χ4n) is 3.22. The molecule has 18 heavy (non-hydrogen) atoms. The SMILES string of the molecule is CCCN(CCCOCC)C1(CN)CCCCC1. The van der Waals surface area contributed by atoms with E-state index < -0.39 is 0 Å². The molecule has 108 valence electrons. The Labute approximate surface area is 113 Å². The lowest BCUT2D eigenvalue weighted by atomic mass is 9.80. The molecule has 0 amide bonds. The molecule has 0 spiro atoms. The molecule has 3 heteroatoms. The van der Waals surface area contributed by atoms with Crippen LogP contribution in [0.1, 0.15) is 58.8 Å². The molecule has 0 aromatic carbocycles. The van der Waals surface area contributed by atoms with E-state index in [0.29, 0.717) is 5.54 Å². The van der Waals surface area contributed by atoms with Crippen LogP contribution in [-0.2, 0) is 4.74 Å². The van der Waals surface area contributed by atoms with Crippen LogP contribution in [0.4, 0.5) is 0 Å². The molecule has 1 aliphatic rings. The Morgan fingerprint density at radius 3 is 2.39 bits per heavy atom. The van der Waals surface area contributed by atoms with E-state index in [2.05, 4.69) is 18.7 Å². The van der Waals surface area contributed by atoms with Crippen LogP contribution >= 0.6 is 0 Å². The molecule has 0 heterocycles. The van der Waals surface area contributed by atoms with Crippen LogP contribution in [-0.4, -0.2) is 43.3 Å². The van der Waals surface area contributed by atoms with Gasteiger partial charge in [-0.3, -0.25) is 4.90 Å². The number of hydrogen-bond donors (Lipinski definition) is 1. The third kappa shape index (κ3) is 4.52. The molecule has 0 radical (unpaired) electrons. The minimum Gasteiger partial charge on any atom is -0.382 e. The van der Waals surface area contributed by atoms with E-state index in [0.717, 1.165) is 32.7 Å². The van der Waals surface area contributed by atoms with Crippen molar-refractivity contribution in [3.63, 3.8) is 0 Å². The predicted octanol–water partition coefficient (Wildman–Crippen LogP) is 2.79. The highest BCUT2D eigenvalue weighted by atomic mass is 16.5. The third-order valence-electron chi connectivity index (χ3n) is 4.25. The zero-order chi connectivity index (χ0) is 13.3. The lowest BCUT2D eigenvalue weighted by molar-refractivity contribution is 0.0447. The molecule has 1 saturated carbocycles. The van der Waals surface area contributed by atoms with E-state index >= 15 is 0 Å². The topological polar surface area (TPSA) is 38.5 Å². The Hall–Kier alpha value is -0.120. The Morgan fingerprint density at radius 1 is 1.11 bits per heavy atom. The average Bonchev–Trinajstić information content (AvgIpc) is 2.43. The maximum atomic E-state index is 6.13. The van der Waals surface area contributed by atoms with E-state index in [1.54, 1.807) is 0 Å². The van der Waals surface area contributed by atoms with Gasteiger partial charge in [0.15, 0.2) is 0 Å². The summed E-state index contributed by atoms with van der Waals surface area (Å²) >= 11 is 0. The highest BCUT2D eigenvalue weighted by molar-refractivity contribution is 4.94. The van der Waals surface area contributed by atoms with Gasteiger partial charge in [-0.2, -0.15) is 0 Å². The van der Waals surface area contributed by atoms with Gasteiger partial charge in [-0.25, -0.2) is 0 Å². The van der Waals surface area contributed by atoms with Crippen LogP contribution < -0.4 is 5.73 Å². The number of hydrogen-bond acceptors (Lipinski definition) is 3. The lowest BCUT2D eigenvalue weighted by Crippen LogP contribution is -2.55. The summed E-state index contributed by atoms with van der Waals surface area (Å²) in [6.07, 6.45) is 9.02. The zero-order valence-electron chi connectivity index (χ0n) is 12.4. The van der Waals surface area contributed by atoms with Gasteiger partial charge in [-0.05, 0) is 39.2 Å². The molecule has 1 aliphatic carbocycles. The van der Waals surface area contributed by atoms with Gasteiger partial charge in [0.2, 0.25) is 0 Å². The predicted molar refractivity (Wildman–Crippen MR) is 77.8 cm³/mol. The first-order chi connectivity index (χ1) is 8.79. The standard InChI is InChI=1S/C15H32N2O/c1-3-11-17(12-8-13-18-4-2)15(14-16)9-6-5-7-10-15/h3-14,16H2,1-2H3. The quantitative estimate of drug-likeness (QED) is 0.645. The van der Waals surface area contributed by atoms with Gasteiger partial charge in [-0.1, -0.05) is 26.2 Å². The van der Waals surface area contributed by atoms with Crippen LogP contribution in [0.15, 0.2) is 0 Å². The zero-order valence-corrected chi connectivity index (χ0v) is 12.4. The Kier molecular flexibility index (Phi) is 7.87. The Balaban J connectivity index is 2.50. The Morgan fingerprint density at radius 2 is 1.83 bits per heavy atom. The average molecular weight is 256 g/mol. The Bertz CT molecular complexity index is 203.